The molecule has 21 heavy (non-hydrogen) atoms. The molecule has 1 N–H and O–H groups in total. The second kappa shape index (κ2) is 5.28. The van der Waals surface area contributed by atoms with Crippen LogP contribution in [-0.2, 0) is 12.8 Å². The summed E-state index contributed by atoms with van der Waals surface area (Å²) in [6.45, 7) is 3.16. The van der Waals surface area contributed by atoms with Gasteiger partial charge in [0.15, 0.2) is 0 Å². The molecule has 1 aliphatic carbocycles. The summed E-state index contributed by atoms with van der Waals surface area (Å²) in [6, 6.07) is 14.0. The number of benzene rings is 2. The van der Waals surface area contributed by atoms with Gasteiger partial charge in [0.1, 0.15) is 0 Å². The Morgan fingerprint density at radius 2 is 1.95 bits per heavy atom. The molecule has 1 aliphatic rings. The fourth-order valence-corrected chi connectivity index (χ4v) is 4.26. The number of hydrogen-bond donors (Lipinski definition) is 1. The van der Waals surface area contributed by atoms with Crippen LogP contribution in [-0.4, -0.2) is 6.54 Å². The third-order valence-electron chi connectivity index (χ3n) is 4.51. The fraction of sp³-hybridized carbons (Fsp3) is 0.263. The van der Waals surface area contributed by atoms with Gasteiger partial charge in [0.2, 0.25) is 0 Å². The second-order valence-electron chi connectivity index (χ2n) is 5.70. The number of aryl methyl sites for hydroxylation is 2. The van der Waals surface area contributed by atoms with E-state index in [4.69, 9.17) is 0 Å². The first-order valence-corrected chi connectivity index (χ1v) is 8.61. The molecule has 0 aliphatic heterocycles. The molecule has 1 aromatic heterocycles. The summed E-state index contributed by atoms with van der Waals surface area (Å²) in [4.78, 5) is 0. The number of hydrogen-bond acceptors (Lipinski definition) is 2. The summed E-state index contributed by atoms with van der Waals surface area (Å²) in [6.07, 6.45) is 2.39. The molecule has 2 aromatic carbocycles. The highest BCUT2D eigenvalue weighted by Crippen LogP contribution is 2.36. The van der Waals surface area contributed by atoms with Crippen molar-refractivity contribution in [2.45, 2.75) is 25.8 Å². The van der Waals surface area contributed by atoms with E-state index in [1.165, 1.54) is 45.9 Å². The summed E-state index contributed by atoms with van der Waals surface area (Å²) in [7, 11) is 0. The third kappa shape index (κ3) is 2.10. The van der Waals surface area contributed by atoms with Crippen LogP contribution in [0.5, 0.6) is 0 Å². The summed E-state index contributed by atoms with van der Waals surface area (Å²) in [5, 5.41) is 11.0. The first kappa shape index (κ1) is 13.1. The van der Waals surface area contributed by atoms with Crippen LogP contribution in [0, 0.1) is 0 Å². The van der Waals surface area contributed by atoms with Crippen LogP contribution in [0.4, 0.5) is 0 Å². The molecule has 2 heteroatoms. The minimum absolute atomic E-state index is 0.297. The fourth-order valence-electron chi connectivity index (χ4n) is 3.57. The van der Waals surface area contributed by atoms with Gasteiger partial charge in [0.05, 0.1) is 6.04 Å². The molecule has 0 bridgehead atoms. The molecular weight excluding hydrogens is 274 g/mol. The van der Waals surface area contributed by atoms with E-state index in [1.54, 1.807) is 11.3 Å². The zero-order valence-electron chi connectivity index (χ0n) is 12.2. The average Bonchev–Trinajstić information content (AvgIpc) is 3.17. The predicted octanol–water partition coefficient (Wildman–Crippen LogP) is 4.70. The van der Waals surface area contributed by atoms with Gasteiger partial charge < -0.3 is 5.32 Å². The molecule has 1 heterocycles. The van der Waals surface area contributed by atoms with Crippen LogP contribution in [0.1, 0.15) is 35.2 Å². The predicted molar refractivity (Wildman–Crippen MR) is 91.2 cm³/mol. The molecule has 0 saturated carbocycles. The molecule has 1 unspecified atom stereocenters. The van der Waals surface area contributed by atoms with Gasteiger partial charge in [-0.2, -0.15) is 11.3 Å². The Labute approximate surface area is 129 Å². The van der Waals surface area contributed by atoms with Crippen molar-refractivity contribution in [3.8, 4) is 0 Å². The number of nitrogens with one attached hydrogen (secondary N) is 1. The van der Waals surface area contributed by atoms with Gasteiger partial charge >= 0.3 is 0 Å². The van der Waals surface area contributed by atoms with Crippen molar-refractivity contribution >= 4 is 22.1 Å². The summed E-state index contributed by atoms with van der Waals surface area (Å²) < 4.78 is 0. The highest BCUT2D eigenvalue weighted by Gasteiger charge is 2.20. The number of thiophene rings is 1. The Bertz CT molecular complexity index is 763. The van der Waals surface area contributed by atoms with Crippen molar-refractivity contribution in [2.75, 3.05) is 6.54 Å². The van der Waals surface area contributed by atoms with Crippen molar-refractivity contribution in [3.05, 3.63) is 69.4 Å². The normalized spacial score (nSPS) is 14.7. The second-order valence-corrected chi connectivity index (χ2v) is 6.48. The van der Waals surface area contributed by atoms with Crippen LogP contribution in [0.15, 0.2) is 47.2 Å². The van der Waals surface area contributed by atoms with Crippen LogP contribution < -0.4 is 5.32 Å². The van der Waals surface area contributed by atoms with E-state index in [9.17, 15) is 0 Å². The largest absolute Gasteiger partial charge is 0.306 e. The average molecular weight is 293 g/mol. The molecule has 1 nitrogen and oxygen atoms in total. The minimum Gasteiger partial charge on any atom is -0.306 e. The number of rotatable bonds is 4. The van der Waals surface area contributed by atoms with E-state index in [2.05, 4.69) is 59.4 Å². The maximum absolute atomic E-state index is 3.66. The van der Waals surface area contributed by atoms with Crippen molar-refractivity contribution in [2.24, 2.45) is 0 Å². The van der Waals surface area contributed by atoms with E-state index in [0.717, 1.165) is 6.54 Å². The zero-order chi connectivity index (χ0) is 14.2. The Morgan fingerprint density at radius 1 is 1.10 bits per heavy atom. The lowest BCUT2D eigenvalue weighted by molar-refractivity contribution is 0.636. The van der Waals surface area contributed by atoms with Crippen LogP contribution in [0.3, 0.4) is 0 Å². The monoisotopic (exact) mass is 293 g/mol. The SMILES string of the molecule is CCNC(c1ccsc1)c1ccc2c3c(cccc13)CC2. The van der Waals surface area contributed by atoms with Crippen LogP contribution >= 0.6 is 11.3 Å². The van der Waals surface area contributed by atoms with Gasteiger partial charge in [-0.05, 0) is 69.2 Å². The summed E-state index contributed by atoms with van der Waals surface area (Å²) >= 11 is 1.77. The summed E-state index contributed by atoms with van der Waals surface area (Å²) in [5.74, 6) is 0. The van der Waals surface area contributed by atoms with Crippen LogP contribution in [0.25, 0.3) is 10.8 Å². The van der Waals surface area contributed by atoms with Gasteiger partial charge in [-0.3, -0.25) is 0 Å². The van der Waals surface area contributed by atoms with Crippen LogP contribution in [0.2, 0.25) is 0 Å². The molecule has 3 aromatic rings. The Balaban J connectivity index is 1.93. The van der Waals surface area contributed by atoms with E-state index >= 15 is 0 Å². The lowest BCUT2D eigenvalue weighted by atomic mass is 9.93. The van der Waals surface area contributed by atoms with Crippen molar-refractivity contribution < 1.29 is 0 Å². The standard InChI is InChI=1S/C19H19NS/c1-2-20-19(15-10-11-21-12-15)17-9-8-14-7-6-13-4-3-5-16(17)18(13)14/h3-5,8-12,19-20H,2,6-7H2,1H3. The van der Waals surface area contributed by atoms with Gasteiger partial charge in [-0.1, -0.05) is 37.3 Å². The summed E-state index contributed by atoms with van der Waals surface area (Å²) in [5.41, 5.74) is 5.83. The molecule has 1 atom stereocenters. The lowest BCUT2D eigenvalue weighted by Gasteiger charge is -2.20. The minimum atomic E-state index is 0.297. The van der Waals surface area contributed by atoms with Gasteiger partial charge in [-0.15, -0.1) is 0 Å². The molecule has 0 fully saturated rings. The Hall–Kier alpha value is -1.64. The smallest absolute Gasteiger partial charge is 0.0590 e. The topological polar surface area (TPSA) is 12.0 Å². The first-order chi connectivity index (χ1) is 10.4. The maximum atomic E-state index is 3.66. The first-order valence-electron chi connectivity index (χ1n) is 7.67. The highest BCUT2D eigenvalue weighted by atomic mass is 32.1. The van der Waals surface area contributed by atoms with Crippen molar-refractivity contribution in [3.63, 3.8) is 0 Å². The van der Waals surface area contributed by atoms with Crippen molar-refractivity contribution in [1.82, 2.24) is 5.32 Å². The maximum Gasteiger partial charge on any atom is 0.0590 e. The molecule has 4 rings (SSSR count). The van der Waals surface area contributed by atoms with Crippen molar-refractivity contribution in [1.29, 1.82) is 0 Å². The van der Waals surface area contributed by atoms with E-state index in [1.807, 2.05) is 0 Å². The Morgan fingerprint density at radius 3 is 2.71 bits per heavy atom. The highest BCUT2D eigenvalue weighted by molar-refractivity contribution is 7.08. The molecule has 0 spiro atoms. The lowest BCUT2D eigenvalue weighted by Crippen LogP contribution is -2.21. The Kier molecular flexibility index (Phi) is 3.28. The van der Waals surface area contributed by atoms with E-state index in [-0.39, 0.29) is 0 Å². The van der Waals surface area contributed by atoms with Gasteiger partial charge in [0, 0.05) is 0 Å². The zero-order valence-corrected chi connectivity index (χ0v) is 13.0. The quantitative estimate of drug-likeness (QED) is 0.735. The molecule has 0 radical (unpaired) electrons. The van der Waals surface area contributed by atoms with E-state index in [0.29, 0.717) is 6.04 Å². The van der Waals surface area contributed by atoms with Gasteiger partial charge in [-0.25, -0.2) is 0 Å². The molecule has 106 valence electrons. The molecule has 0 saturated heterocycles. The molecular formula is C19H19NS. The van der Waals surface area contributed by atoms with Gasteiger partial charge in [0.25, 0.3) is 0 Å². The third-order valence-corrected chi connectivity index (χ3v) is 5.21. The van der Waals surface area contributed by atoms with E-state index < -0.39 is 0 Å². The molecule has 0 amide bonds.